The summed E-state index contributed by atoms with van der Waals surface area (Å²) in [5.74, 6) is 2.04. The highest BCUT2D eigenvalue weighted by Gasteiger charge is 2.14. The molecule has 0 bridgehead atoms. The van der Waals surface area contributed by atoms with Crippen molar-refractivity contribution in [2.75, 3.05) is 45.7 Å². The van der Waals surface area contributed by atoms with Crippen molar-refractivity contribution in [2.45, 2.75) is 13.0 Å². The van der Waals surface area contributed by atoms with E-state index in [0.29, 0.717) is 35.5 Å². The number of nitrogens with one attached hydrogen (secondary N) is 2. The molecule has 0 amide bonds. The zero-order valence-electron chi connectivity index (χ0n) is 17.6. The largest absolute Gasteiger partial charge is 0.493 e. The summed E-state index contributed by atoms with van der Waals surface area (Å²) >= 11 is 1.52. The van der Waals surface area contributed by atoms with E-state index in [9.17, 15) is 0 Å². The molecule has 1 unspecified atom stereocenters. The quantitative estimate of drug-likeness (QED) is 0.496. The molecule has 0 radical (unpaired) electrons. The van der Waals surface area contributed by atoms with Crippen LogP contribution in [-0.4, -0.2) is 56.0 Å². The molecule has 0 spiro atoms. The smallest absolute Gasteiger partial charge is 0.227 e. The summed E-state index contributed by atoms with van der Waals surface area (Å²) in [6.45, 7) is 2.64. The summed E-state index contributed by atoms with van der Waals surface area (Å²) < 4.78 is 21.3. The van der Waals surface area contributed by atoms with Crippen LogP contribution in [0.2, 0.25) is 0 Å². The van der Waals surface area contributed by atoms with Gasteiger partial charge in [0.2, 0.25) is 11.7 Å². The zero-order valence-corrected chi connectivity index (χ0v) is 18.4. The standard InChI is InChI=1S/C20H25N5O4S/c1-12(11-26-2)23-20-22-10-17(30-20)14-6-7-21-19(25-14)24-13-8-15(27-3)18(29-5)16(9-13)28-4/h6-10,12H,11H2,1-5H3,(H,22,23)(H,21,24,25). The van der Waals surface area contributed by atoms with Crippen LogP contribution in [0.15, 0.2) is 30.6 Å². The number of aromatic nitrogens is 3. The molecule has 0 saturated carbocycles. The maximum atomic E-state index is 5.39. The second-order valence-electron chi connectivity index (χ2n) is 6.33. The van der Waals surface area contributed by atoms with Crippen molar-refractivity contribution in [3.63, 3.8) is 0 Å². The Balaban J connectivity index is 1.81. The van der Waals surface area contributed by atoms with Gasteiger partial charge in [-0.25, -0.2) is 15.0 Å². The zero-order chi connectivity index (χ0) is 21.5. The minimum absolute atomic E-state index is 0.164. The average molecular weight is 432 g/mol. The van der Waals surface area contributed by atoms with Gasteiger partial charge < -0.3 is 29.6 Å². The van der Waals surface area contributed by atoms with E-state index in [4.69, 9.17) is 18.9 Å². The molecular formula is C20H25N5O4S. The third-order valence-electron chi connectivity index (χ3n) is 4.12. The number of nitrogens with zero attached hydrogens (tertiary/aromatic N) is 3. The molecule has 0 aliphatic rings. The van der Waals surface area contributed by atoms with Crippen LogP contribution in [-0.2, 0) is 4.74 Å². The van der Waals surface area contributed by atoms with Gasteiger partial charge in [0, 0.05) is 43.4 Å². The van der Waals surface area contributed by atoms with E-state index < -0.39 is 0 Å². The maximum absolute atomic E-state index is 5.39. The third kappa shape index (κ3) is 5.08. The van der Waals surface area contributed by atoms with Crippen LogP contribution in [0.25, 0.3) is 10.6 Å². The molecular weight excluding hydrogens is 406 g/mol. The van der Waals surface area contributed by atoms with Crippen LogP contribution >= 0.6 is 11.3 Å². The minimum atomic E-state index is 0.164. The monoisotopic (exact) mass is 431 g/mol. The van der Waals surface area contributed by atoms with Gasteiger partial charge in [0.1, 0.15) is 0 Å². The summed E-state index contributed by atoms with van der Waals surface area (Å²) in [6, 6.07) is 5.60. The van der Waals surface area contributed by atoms with E-state index in [0.717, 1.165) is 15.7 Å². The van der Waals surface area contributed by atoms with E-state index in [2.05, 4.69) is 25.6 Å². The highest BCUT2D eigenvalue weighted by Crippen LogP contribution is 2.40. The normalized spacial score (nSPS) is 11.6. The molecule has 2 N–H and O–H groups in total. The summed E-state index contributed by atoms with van der Waals surface area (Å²) in [4.78, 5) is 14.3. The van der Waals surface area contributed by atoms with Gasteiger partial charge in [0.25, 0.3) is 0 Å². The van der Waals surface area contributed by atoms with Gasteiger partial charge >= 0.3 is 0 Å². The number of ether oxygens (including phenoxy) is 4. The Morgan fingerprint density at radius 2 is 1.77 bits per heavy atom. The van der Waals surface area contributed by atoms with E-state index in [1.807, 2.05) is 13.0 Å². The lowest BCUT2D eigenvalue weighted by Crippen LogP contribution is -2.20. The minimum Gasteiger partial charge on any atom is -0.493 e. The molecule has 30 heavy (non-hydrogen) atoms. The lowest BCUT2D eigenvalue weighted by atomic mass is 10.2. The first-order valence-electron chi connectivity index (χ1n) is 9.19. The first-order chi connectivity index (χ1) is 14.6. The molecule has 1 atom stereocenters. The van der Waals surface area contributed by atoms with Gasteiger partial charge in [-0.05, 0) is 13.0 Å². The van der Waals surface area contributed by atoms with Crippen LogP contribution in [0, 0.1) is 0 Å². The first-order valence-corrected chi connectivity index (χ1v) is 10.0. The Bertz CT molecular complexity index is 956. The summed E-state index contributed by atoms with van der Waals surface area (Å²) in [7, 11) is 6.38. The Kier molecular flexibility index (Phi) is 7.26. The molecule has 2 heterocycles. The Morgan fingerprint density at radius 3 is 2.40 bits per heavy atom. The maximum Gasteiger partial charge on any atom is 0.227 e. The predicted octanol–water partition coefficient (Wildman–Crippen LogP) is 3.82. The SMILES string of the molecule is COCC(C)Nc1ncc(-c2ccnc(Nc3cc(OC)c(OC)c(OC)c3)n2)s1. The molecule has 2 aromatic heterocycles. The van der Waals surface area contributed by atoms with E-state index in [1.54, 1.807) is 53.0 Å². The molecule has 9 nitrogen and oxygen atoms in total. The molecule has 1 aromatic carbocycles. The highest BCUT2D eigenvalue weighted by atomic mass is 32.1. The number of thiazole rings is 1. The molecule has 0 aliphatic heterocycles. The second kappa shape index (κ2) is 10.1. The van der Waals surface area contributed by atoms with Gasteiger partial charge in [-0.3, -0.25) is 0 Å². The Hall–Kier alpha value is -3.11. The van der Waals surface area contributed by atoms with Crippen LogP contribution in [0.4, 0.5) is 16.8 Å². The van der Waals surface area contributed by atoms with Crippen molar-refractivity contribution in [2.24, 2.45) is 0 Å². The number of anilines is 3. The topological polar surface area (TPSA) is 99.7 Å². The fourth-order valence-electron chi connectivity index (χ4n) is 2.80. The van der Waals surface area contributed by atoms with Gasteiger partial charge in [-0.15, -0.1) is 0 Å². The van der Waals surface area contributed by atoms with Crippen molar-refractivity contribution in [3.05, 3.63) is 30.6 Å². The van der Waals surface area contributed by atoms with Crippen molar-refractivity contribution >= 4 is 28.1 Å². The Labute approximate surface area is 179 Å². The van der Waals surface area contributed by atoms with Crippen LogP contribution in [0.5, 0.6) is 17.2 Å². The lowest BCUT2D eigenvalue weighted by molar-refractivity contribution is 0.190. The van der Waals surface area contributed by atoms with E-state index in [-0.39, 0.29) is 6.04 Å². The van der Waals surface area contributed by atoms with Crippen molar-refractivity contribution in [1.82, 2.24) is 15.0 Å². The molecule has 3 aromatic rings. The molecule has 160 valence electrons. The number of benzene rings is 1. The first kappa shape index (κ1) is 21.6. The van der Waals surface area contributed by atoms with Crippen molar-refractivity contribution in [1.29, 1.82) is 0 Å². The molecule has 0 saturated heterocycles. The second-order valence-corrected chi connectivity index (χ2v) is 7.37. The van der Waals surface area contributed by atoms with E-state index in [1.165, 1.54) is 11.3 Å². The molecule has 0 aliphatic carbocycles. The summed E-state index contributed by atoms with van der Waals surface area (Å²) in [5, 5.41) is 7.30. The average Bonchev–Trinajstić information content (AvgIpc) is 3.21. The Morgan fingerprint density at radius 1 is 1.03 bits per heavy atom. The number of hydrogen-bond donors (Lipinski definition) is 2. The molecule has 0 fully saturated rings. The van der Waals surface area contributed by atoms with Gasteiger partial charge in [-0.2, -0.15) is 0 Å². The third-order valence-corrected chi connectivity index (χ3v) is 5.07. The molecule has 10 heteroatoms. The number of methoxy groups -OCH3 is 4. The van der Waals surface area contributed by atoms with Crippen LogP contribution < -0.4 is 24.8 Å². The van der Waals surface area contributed by atoms with Gasteiger partial charge in [0.15, 0.2) is 16.6 Å². The molecule has 3 rings (SSSR count). The van der Waals surface area contributed by atoms with Crippen LogP contribution in [0.1, 0.15) is 6.92 Å². The lowest BCUT2D eigenvalue weighted by Gasteiger charge is -2.14. The van der Waals surface area contributed by atoms with Gasteiger partial charge in [0.05, 0.1) is 38.5 Å². The van der Waals surface area contributed by atoms with Crippen LogP contribution in [0.3, 0.4) is 0 Å². The number of rotatable bonds is 10. The summed E-state index contributed by atoms with van der Waals surface area (Å²) in [6.07, 6.45) is 3.49. The van der Waals surface area contributed by atoms with Gasteiger partial charge in [-0.1, -0.05) is 11.3 Å². The highest BCUT2D eigenvalue weighted by molar-refractivity contribution is 7.18. The predicted molar refractivity (Wildman–Crippen MR) is 117 cm³/mol. The summed E-state index contributed by atoms with van der Waals surface area (Å²) in [5.41, 5.74) is 1.48. The van der Waals surface area contributed by atoms with E-state index >= 15 is 0 Å². The number of hydrogen-bond acceptors (Lipinski definition) is 10. The fraction of sp³-hybridized carbons (Fsp3) is 0.350. The van der Waals surface area contributed by atoms with Crippen molar-refractivity contribution in [3.8, 4) is 27.8 Å². The van der Waals surface area contributed by atoms with Crippen molar-refractivity contribution < 1.29 is 18.9 Å². The fourth-order valence-corrected chi connectivity index (χ4v) is 3.70.